The van der Waals surface area contributed by atoms with E-state index in [0.717, 1.165) is 44.8 Å². The number of imidazole rings is 1. The first-order chi connectivity index (χ1) is 12.8. The fourth-order valence-electron chi connectivity index (χ4n) is 5.25. The first-order valence-electron chi connectivity index (χ1n) is 10.1. The van der Waals surface area contributed by atoms with E-state index in [-0.39, 0.29) is 5.54 Å². The van der Waals surface area contributed by atoms with Crippen LogP contribution >= 0.6 is 0 Å². The van der Waals surface area contributed by atoms with Gasteiger partial charge in [-0.1, -0.05) is 12.8 Å². The summed E-state index contributed by atoms with van der Waals surface area (Å²) in [6.07, 6.45) is 12.3. The SMILES string of the molecule is CN1CCc2[nH]cnc2C12CCN(c1nccc(C3CCCC3)n1)CC2. The van der Waals surface area contributed by atoms with Gasteiger partial charge in [0.25, 0.3) is 0 Å². The summed E-state index contributed by atoms with van der Waals surface area (Å²) in [4.78, 5) is 22.5. The van der Waals surface area contributed by atoms with E-state index in [9.17, 15) is 0 Å². The van der Waals surface area contributed by atoms with E-state index >= 15 is 0 Å². The summed E-state index contributed by atoms with van der Waals surface area (Å²) >= 11 is 0. The van der Waals surface area contributed by atoms with Crippen molar-refractivity contribution < 1.29 is 0 Å². The van der Waals surface area contributed by atoms with Gasteiger partial charge in [0.15, 0.2) is 0 Å². The van der Waals surface area contributed by atoms with Crippen LogP contribution in [-0.4, -0.2) is 51.5 Å². The quantitative estimate of drug-likeness (QED) is 0.900. The number of piperidine rings is 1. The van der Waals surface area contributed by atoms with E-state index in [4.69, 9.17) is 9.97 Å². The molecule has 0 amide bonds. The van der Waals surface area contributed by atoms with Crippen molar-refractivity contribution >= 4 is 5.95 Å². The van der Waals surface area contributed by atoms with Crippen LogP contribution in [0.4, 0.5) is 5.95 Å². The molecule has 2 aliphatic heterocycles. The highest BCUT2D eigenvalue weighted by Gasteiger charge is 2.45. The molecule has 2 aromatic rings. The highest BCUT2D eigenvalue weighted by Crippen LogP contribution is 2.42. The van der Waals surface area contributed by atoms with Crippen molar-refractivity contribution in [2.45, 2.75) is 56.4 Å². The molecular formula is C20H28N6. The lowest BCUT2D eigenvalue weighted by Crippen LogP contribution is -2.55. The third-order valence-corrected chi connectivity index (χ3v) is 6.90. The number of nitrogens with one attached hydrogen (secondary N) is 1. The van der Waals surface area contributed by atoms with Gasteiger partial charge in [0, 0.05) is 49.6 Å². The van der Waals surface area contributed by atoms with E-state index in [0.29, 0.717) is 5.92 Å². The number of hydrogen-bond donors (Lipinski definition) is 1. The second-order valence-electron chi connectivity index (χ2n) is 8.18. The molecule has 26 heavy (non-hydrogen) atoms. The molecule has 0 unspecified atom stereocenters. The Morgan fingerprint density at radius 3 is 2.73 bits per heavy atom. The van der Waals surface area contributed by atoms with Crippen molar-refractivity contribution in [3.8, 4) is 0 Å². The molecule has 1 N–H and O–H groups in total. The number of H-pyrrole nitrogens is 1. The summed E-state index contributed by atoms with van der Waals surface area (Å²) in [5, 5.41) is 0. The van der Waals surface area contributed by atoms with E-state index < -0.39 is 0 Å². The molecule has 3 aliphatic rings. The molecule has 4 heterocycles. The van der Waals surface area contributed by atoms with Gasteiger partial charge in [-0.15, -0.1) is 0 Å². The number of fused-ring (bicyclic) bond motifs is 2. The lowest BCUT2D eigenvalue weighted by Gasteiger charge is -2.49. The third kappa shape index (κ3) is 2.54. The zero-order chi connectivity index (χ0) is 17.6. The highest BCUT2D eigenvalue weighted by molar-refractivity contribution is 5.35. The fraction of sp³-hybridized carbons (Fsp3) is 0.650. The Bertz CT molecular complexity index is 770. The molecule has 6 nitrogen and oxygen atoms in total. The van der Waals surface area contributed by atoms with Crippen LogP contribution in [-0.2, 0) is 12.0 Å². The Hall–Kier alpha value is -1.95. The van der Waals surface area contributed by atoms with E-state index in [1.54, 1.807) is 0 Å². The molecule has 0 aromatic carbocycles. The Morgan fingerprint density at radius 1 is 1.12 bits per heavy atom. The maximum Gasteiger partial charge on any atom is 0.225 e. The number of aromatic amines is 1. The van der Waals surface area contributed by atoms with E-state index in [2.05, 4.69) is 32.9 Å². The van der Waals surface area contributed by atoms with Gasteiger partial charge < -0.3 is 9.88 Å². The molecule has 6 heteroatoms. The van der Waals surface area contributed by atoms with Crippen LogP contribution in [0, 0.1) is 0 Å². The third-order valence-electron chi connectivity index (χ3n) is 6.90. The molecule has 1 saturated heterocycles. The van der Waals surface area contributed by atoms with Gasteiger partial charge >= 0.3 is 0 Å². The van der Waals surface area contributed by atoms with Crippen molar-refractivity contribution in [2.75, 3.05) is 31.6 Å². The van der Waals surface area contributed by atoms with Crippen molar-refractivity contribution in [1.29, 1.82) is 0 Å². The number of anilines is 1. The summed E-state index contributed by atoms with van der Waals surface area (Å²) in [6.45, 7) is 3.08. The van der Waals surface area contributed by atoms with Crippen LogP contribution in [0.1, 0.15) is 61.5 Å². The Morgan fingerprint density at radius 2 is 1.92 bits per heavy atom. The molecule has 1 saturated carbocycles. The molecular weight excluding hydrogens is 324 g/mol. The minimum absolute atomic E-state index is 0.0765. The van der Waals surface area contributed by atoms with Gasteiger partial charge in [-0.25, -0.2) is 15.0 Å². The molecule has 2 aromatic heterocycles. The van der Waals surface area contributed by atoms with Gasteiger partial charge in [0.05, 0.1) is 17.6 Å². The van der Waals surface area contributed by atoms with Crippen molar-refractivity contribution in [3.63, 3.8) is 0 Å². The summed E-state index contributed by atoms with van der Waals surface area (Å²) in [5.74, 6) is 1.56. The van der Waals surface area contributed by atoms with Gasteiger partial charge in [-0.3, -0.25) is 4.90 Å². The first kappa shape index (κ1) is 16.2. The van der Waals surface area contributed by atoms with Gasteiger partial charge in [0.1, 0.15) is 0 Å². The lowest BCUT2D eigenvalue weighted by atomic mass is 9.79. The largest absolute Gasteiger partial charge is 0.348 e. The summed E-state index contributed by atoms with van der Waals surface area (Å²) in [6, 6.07) is 2.12. The first-order valence-corrected chi connectivity index (χ1v) is 10.1. The second-order valence-corrected chi connectivity index (χ2v) is 8.18. The molecule has 0 radical (unpaired) electrons. The molecule has 2 fully saturated rings. The van der Waals surface area contributed by atoms with Crippen molar-refractivity contribution in [2.24, 2.45) is 0 Å². The van der Waals surface area contributed by atoms with Crippen LogP contribution < -0.4 is 4.90 Å². The van der Waals surface area contributed by atoms with E-state index in [1.807, 2.05) is 12.5 Å². The van der Waals surface area contributed by atoms with Crippen LogP contribution in [0.2, 0.25) is 0 Å². The Balaban J connectivity index is 1.36. The maximum atomic E-state index is 4.94. The highest BCUT2D eigenvalue weighted by atomic mass is 15.3. The predicted octanol–water partition coefficient (Wildman–Crippen LogP) is 2.84. The average Bonchev–Trinajstić information content (AvgIpc) is 3.38. The Kier molecular flexibility index (Phi) is 3.96. The van der Waals surface area contributed by atoms with Crippen molar-refractivity contribution in [3.05, 3.63) is 35.7 Å². The lowest BCUT2D eigenvalue weighted by molar-refractivity contribution is 0.0710. The van der Waals surface area contributed by atoms with Crippen LogP contribution in [0.5, 0.6) is 0 Å². The molecule has 0 atom stereocenters. The topological polar surface area (TPSA) is 60.9 Å². The zero-order valence-corrected chi connectivity index (χ0v) is 15.6. The minimum Gasteiger partial charge on any atom is -0.348 e. The van der Waals surface area contributed by atoms with Gasteiger partial charge in [-0.05, 0) is 38.8 Å². The number of rotatable bonds is 2. The molecule has 138 valence electrons. The summed E-state index contributed by atoms with van der Waals surface area (Å²) in [5.41, 5.74) is 3.92. The van der Waals surface area contributed by atoms with Crippen molar-refractivity contribution in [1.82, 2.24) is 24.8 Å². The van der Waals surface area contributed by atoms with E-state index in [1.165, 1.54) is 42.8 Å². The second kappa shape index (κ2) is 6.34. The normalized spacial score (nSPS) is 23.5. The molecule has 1 spiro atoms. The number of aromatic nitrogens is 4. The molecule has 0 bridgehead atoms. The average molecular weight is 352 g/mol. The van der Waals surface area contributed by atoms with Crippen LogP contribution in [0.3, 0.4) is 0 Å². The number of hydrogen-bond acceptors (Lipinski definition) is 5. The van der Waals surface area contributed by atoms with Gasteiger partial charge in [0.2, 0.25) is 5.95 Å². The fourth-order valence-corrected chi connectivity index (χ4v) is 5.25. The summed E-state index contributed by atoms with van der Waals surface area (Å²) in [7, 11) is 2.25. The standard InChI is InChI=1S/C20H28N6/c1-25-11-7-17-18(23-14-22-17)20(25)8-12-26(13-9-20)19-21-10-6-16(24-19)15-4-2-3-5-15/h6,10,14-15H,2-5,7-9,11-13H2,1H3,(H,22,23). The number of nitrogens with zero attached hydrogens (tertiary/aromatic N) is 5. The summed E-state index contributed by atoms with van der Waals surface area (Å²) < 4.78 is 0. The Labute approximate surface area is 155 Å². The molecule has 1 aliphatic carbocycles. The number of likely N-dealkylation sites (N-methyl/N-ethyl adjacent to an activating group) is 1. The van der Waals surface area contributed by atoms with Crippen LogP contribution in [0.15, 0.2) is 18.6 Å². The zero-order valence-electron chi connectivity index (χ0n) is 15.6. The smallest absolute Gasteiger partial charge is 0.225 e. The molecule has 5 rings (SSSR count). The minimum atomic E-state index is 0.0765. The van der Waals surface area contributed by atoms with Crippen LogP contribution in [0.25, 0.3) is 0 Å². The predicted molar refractivity (Wildman–Crippen MR) is 101 cm³/mol. The maximum absolute atomic E-state index is 4.94. The van der Waals surface area contributed by atoms with Gasteiger partial charge in [-0.2, -0.15) is 0 Å². The monoisotopic (exact) mass is 352 g/mol.